The molecule has 144 valence electrons. The summed E-state index contributed by atoms with van der Waals surface area (Å²) in [4.78, 5) is 11.4. The summed E-state index contributed by atoms with van der Waals surface area (Å²) in [5, 5.41) is 46.7. The molecule has 1 aromatic carbocycles. The Labute approximate surface area is 155 Å². The molecule has 2 heterocycles. The molecule has 0 radical (unpaired) electrons. The van der Waals surface area contributed by atoms with Gasteiger partial charge in [-0.1, -0.05) is 42.5 Å². The van der Waals surface area contributed by atoms with E-state index in [1.807, 2.05) is 30.3 Å². The van der Waals surface area contributed by atoms with E-state index in [9.17, 15) is 20.1 Å². The van der Waals surface area contributed by atoms with Crippen LogP contribution in [0.4, 0.5) is 0 Å². The number of benzene rings is 1. The van der Waals surface area contributed by atoms with Gasteiger partial charge in [0.05, 0.1) is 18.8 Å². The summed E-state index contributed by atoms with van der Waals surface area (Å²) in [7, 11) is 0. The van der Waals surface area contributed by atoms with Gasteiger partial charge in [-0.25, -0.2) is 9.48 Å². The van der Waals surface area contributed by atoms with Crippen LogP contribution in [0.3, 0.4) is 0 Å². The number of hydrogen-bond donors (Lipinski definition) is 4. The van der Waals surface area contributed by atoms with Crippen LogP contribution in [0.2, 0.25) is 0 Å². The number of nitrogens with zero attached hydrogens (tertiary/aromatic N) is 3. The molecule has 5 atom stereocenters. The van der Waals surface area contributed by atoms with Gasteiger partial charge in [-0.3, -0.25) is 0 Å². The Morgan fingerprint density at radius 1 is 1.30 bits per heavy atom. The monoisotopic (exact) mass is 375 g/mol. The third-order valence-electron chi connectivity index (χ3n) is 4.66. The molecule has 0 aliphatic carbocycles. The Morgan fingerprint density at radius 3 is 2.63 bits per heavy atom. The van der Waals surface area contributed by atoms with Gasteiger partial charge in [0.1, 0.15) is 24.0 Å². The second kappa shape index (κ2) is 7.87. The lowest BCUT2D eigenvalue weighted by atomic mass is 9.87. The number of aliphatic carboxylic acids is 1. The lowest BCUT2D eigenvalue weighted by molar-refractivity contribution is -0.148. The van der Waals surface area contributed by atoms with Crippen LogP contribution in [0.1, 0.15) is 13.0 Å². The summed E-state index contributed by atoms with van der Waals surface area (Å²) in [6.07, 6.45) is -0.888. The molecular weight excluding hydrogens is 354 g/mol. The minimum atomic E-state index is -1.47. The predicted molar refractivity (Wildman–Crippen MR) is 93.4 cm³/mol. The van der Waals surface area contributed by atoms with Crippen LogP contribution >= 0.6 is 0 Å². The number of carboxylic acids is 1. The molecule has 9 heteroatoms. The van der Waals surface area contributed by atoms with Gasteiger partial charge in [-0.05, 0) is 6.08 Å². The maximum Gasteiger partial charge on any atom is 0.370 e. The van der Waals surface area contributed by atoms with E-state index in [4.69, 9.17) is 9.84 Å². The molecule has 2 aromatic rings. The van der Waals surface area contributed by atoms with Gasteiger partial charge in [0, 0.05) is 11.5 Å². The van der Waals surface area contributed by atoms with Crippen molar-refractivity contribution in [1.82, 2.24) is 15.0 Å². The van der Waals surface area contributed by atoms with Gasteiger partial charge in [0.2, 0.25) is 5.76 Å². The molecule has 0 spiro atoms. The maximum atomic E-state index is 11.4. The van der Waals surface area contributed by atoms with E-state index in [0.29, 0.717) is 5.69 Å². The zero-order valence-electron chi connectivity index (χ0n) is 14.6. The summed E-state index contributed by atoms with van der Waals surface area (Å²) in [6.45, 7) is 1.06. The standard InChI is InChI=1S/C18H21N3O6/c1-10-13(21-8-12(19-20-21)11-5-3-2-4-6-11)7-15(18(25)26)27-17(10)16(24)14(23)9-22/h2-8,10,13-14,16-17,22-24H,9H2,1H3,(H,25,26)/t10-,13+,14?,16-,17-/m1/s1. The van der Waals surface area contributed by atoms with E-state index in [2.05, 4.69) is 10.3 Å². The molecule has 4 N–H and O–H groups in total. The number of aromatic nitrogens is 3. The molecule has 0 saturated heterocycles. The lowest BCUT2D eigenvalue weighted by Gasteiger charge is -2.37. The highest BCUT2D eigenvalue weighted by molar-refractivity contribution is 5.84. The van der Waals surface area contributed by atoms with Gasteiger partial charge in [0.25, 0.3) is 0 Å². The summed E-state index contributed by atoms with van der Waals surface area (Å²) in [6, 6.07) is 8.82. The Kier molecular flexibility index (Phi) is 5.54. The Balaban J connectivity index is 1.94. The zero-order chi connectivity index (χ0) is 19.6. The van der Waals surface area contributed by atoms with E-state index in [1.54, 1.807) is 13.1 Å². The fraction of sp³-hybridized carbons (Fsp3) is 0.389. The molecule has 0 bridgehead atoms. The van der Waals surface area contributed by atoms with Crippen LogP contribution < -0.4 is 0 Å². The first kappa shape index (κ1) is 19.0. The zero-order valence-corrected chi connectivity index (χ0v) is 14.6. The molecule has 0 amide bonds. The maximum absolute atomic E-state index is 11.4. The van der Waals surface area contributed by atoms with Crippen LogP contribution in [0.5, 0.6) is 0 Å². The van der Waals surface area contributed by atoms with Crippen molar-refractivity contribution in [3.63, 3.8) is 0 Å². The van der Waals surface area contributed by atoms with Gasteiger partial charge in [-0.15, -0.1) is 5.10 Å². The number of hydrogen-bond acceptors (Lipinski definition) is 7. The Hall–Kier alpha value is -2.75. The molecule has 1 aromatic heterocycles. The highest BCUT2D eigenvalue weighted by atomic mass is 16.5. The van der Waals surface area contributed by atoms with E-state index in [-0.39, 0.29) is 5.76 Å². The van der Waals surface area contributed by atoms with Crippen molar-refractivity contribution in [1.29, 1.82) is 0 Å². The average Bonchev–Trinajstić information content (AvgIpc) is 3.17. The number of ether oxygens (including phenoxy) is 1. The fourth-order valence-corrected chi connectivity index (χ4v) is 3.10. The Morgan fingerprint density at radius 2 is 2.00 bits per heavy atom. The van der Waals surface area contributed by atoms with Crippen LogP contribution in [-0.4, -0.2) is 66.3 Å². The smallest absolute Gasteiger partial charge is 0.370 e. The second-order valence-electron chi connectivity index (χ2n) is 6.46. The van der Waals surface area contributed by atoms with Gasteiger partial charge >= 0.3 is 5.97 Å². The molecule has 0 fully saturated rings. The quantitative estimate of drug-likeness (QED) is 0.562. The first-order valence-corrected chi connectivity index (χ1v) is 8.48. The number of aliphatic hydroxyl groups excluding tert-OH is 3. The van der Waals surface area contributed by atoms with E-state index >= 15 is 0 Å². The third kappa shape index (κ3) is 3.85. The van der Waals surface area contributed by atoms with Crippen molar-refractivity contribution in [3.8, 4) is 11.3 Å². The largest absolute Gasteiger partial charge is 0.480 e. The summed E-state index contributed by atoms with van der Waals surface area (Å²) >= 11 is 0. The molecule has 9 nitrogen and oxygen atoms in total. The van der Waals surface area contributed by atoms with Crippen molar-refractivity contribution in [2.45, 2.75) is 31.3 Å². The predicted octanol–water partition coefficient (Wildman–Crippen LogP) is 0.204. The van der Waals surface area contributed by atoms with Crippen LogP contribution in [0.15, 0.2) is 48.4 Å². The summed E-state index contributed by atoms with van der Waals surface area (Å²) in [5.74, 6) is -2.11. The topological polar surface area (TPSA) is 138 Å². The first-order chi connectivity index (χ1) is 12.9. The number of allylic oxidation sites excluding steroid dienone is 1. The van der Waals surface area contributed by atoms with Crippen LogP contribution in [0.25, 0.3) is 11.3 Å². The normalized spacial score (nSPS) is 24.6. The van der Waals surface area contributed by atoms with Crippen LogP contribution in [-0.2, 0) is 9.53 Å². The number of rotatable bonds is 6. The van der Waals surface area contributed by atoms with Crippen molar-refractivity contribution in [2.24, 2.45) is 5.92 Å². The number of carbonyl (C=O) groups is 1. The molecule has 1 aliphatic rings. The van der Waals surface area contributed by atoms with Crippen LogP contribution in [0, 0.1) is 5.92 Å². The number of aliphatic hydroxyl groups is 3. The minimum absolute atomic E-state index is 0.357. The summed E-state index contributed by atoms with van der Waals surface area (Å²) < 4.78 is 6.87. The van der Waals surface area contributed by atoms with Gasteiger partial charge in [-0.2, -0.15) is 0 Å². The van der Waals surface area contributed by atoms with Crippen molar-refractivity contribution < 1.29 is 30.0 Å². The van der Waals surface area contributed by atoms with Crippen molar-refractivity contribution >= 4 is 5.97 Å². The first-order valence-electron chi connectivity index (χ1n) is 8.48. The van der Waals surface area contributed by atoms with Crippen molar-refractivity contribution in [2.75, 3.05) is 6.61 Å². The molecule has 1 unspecified atom stereocenters. The Bertz CT molecular complexity index is 822. The fourth-order valence-electron chi connectivity index (χ4n) is 3.10. The molecular formula is C18H21N3O6. The van der Waals surface area contributed by atoms with Gasteiger partial charge < -0.3 is 25.2 Å². The number of carboxylic acid groups (broad SMARTS) is 1. The molecule has 27 heavy (non-hydrogen) atoms. The lowest BCUT2D eigenvalue weighted by Crippen LogP contribution is -2.48. The highest BCUT2D eigenvalue weighted by Crippen LogP contribution is 2.34. The highest BCUT2D eigenvalue weighted by Gasteiger charge is 2.41. The SMILES string of the molecule is C[C@H]1[C@H]([C@H](O)C(O)CO)OC(C(=O)O)=C[C@@H]1n1cc(-c2ccccc2)nn1. The molecule has 3 rings (SSSR count). The third-order valence-corrected chi connectivity index (χ3v) is 4.66. The second-order valence-corrected chi connectivity index (χ2v) is 6.46. The van der Waals surface area contributed by atoms with E-state index in [1.165, 1.54) is 10.8 Å². The molecule has 0 saturated carbocycles. The molecule has 1 aliphatic heterocycles. The minimum Gasteiger partial charge on any atom is -0.480 e. The van der Waals surface area contributed by atoms with Gasteiger partial charge in [0.15, 0.2) is 0 Å². The summed E-state index contributed by atoms with van der Waals surface area (Å²) in [5.41, 5.74) is 1.48. The van der Waals surface area contributed by atoms with E-state index in [0.717, 1.165) is 5.56 Å². The van der Waals surface area contributed by atoms with E-state index < -0.39 is 42.8 Å². The van der Waals surface area contributed by atoms with Crippen molar-refractivity contribution in [3.05, 3.63) is 48.4 Å². The average molecular weight is 375 g/mol.